The summed E-state index contributed by atoms with van der Waals surface area (Å²) in [6, 6.07) is 3.42. The number of amides is 2. The van der Waals surface area contributed by atoms with Gasteiger partial charge in [0.1, 0.15) is 5.60 Å². The van der Waals surface area contributed by atoms with Gasteiger partial charge in [-0.05, 0) is 58.4 Å². The van der Waals surface area contributed by atoms with Gasteiger partial charge in [-0.2, -0.15) is 0 Å². The van der Waals surface area contributed by atoms with Crippen LogP contribution in [-0.2, 0) is 9.47 Å². The predicted octanol–water partition coefficient (Wildman–Crippen LogP) is 3.26. The van der Waals surface area contributed by atoms with Crippen molar-refractivity contribution < 1.29 is 23.8 Å². The monoisotopic (exact) mass is 421 g/mol. The van der Waals surface area contributed by atoms with Gasteiger partial charge in [-0.15, -0.1) is 0 Å². The Morgan fingerprint density at radius 1 is 1.20 bits per heavy atom. The molecule has 0 atom stereocenters. The highest BCUT2D eigenvalue weighted by molar-refractivity contribution is 5.93. The molecule has 0 unspecified atom stereocenters. The van der Waals surface area contributed by atoms with Crippen molar-refractivity contribution in [1.82, 2.24) is 15.2 Å². The molecule has 2 heterocycles. The Bertz CT molecular complexity index is 664. The maximum atomic E-state index is 12.1. The van der Waals surface area contributed by atoms with Crippen LogP contribution in [0.2, 0.25) is 0 Å². The molecule has 1 aromatic rings. The van der Waals surface area contributed by atoms with E-state index in [4.69, 9.17) is 14.2 Å². The van der Waals surface area contributed by atoms with Crippen molar-refractivity contribution >= 4 is 12.0 Å². The van der Waals surface area contributed by atoms with Gasteiger partial charge in [0.15, 0.2) is 0 Å². The van der Waals surface area contributed by atoms with Gasteiger partial charge >= 0.3 is 6.09 Å². The van der Waals surface area contributed by atoms with Crippen molar-refractivity contribution in [3.8, 4) is 5.88 Å². The number of carbonyl (C=O) groups excluding carboxylic acids is 2. The number of rotatable bonds is 9. The molecule has 2 amide bonds. The van der Waals surface area contributed by atoms with Crippen LogP contribution in [0.15, 0.2) is 18.3 Å². The lowest BCUT2D eigenvalue weighted by Gasteiger charge is -2.33. The first-order chi connectivity index (χ1) is 14.3. The topological polar surface area (TPSA) is 90.0 Å². The maximum Gasteiger partial charge on any atom is 0.410 e. The van der Waals surface area contributed by atoms with Crippen LogP contribution in [0.25, 0.3) is 0 Å². The van der Waals surface area contributed by atoms with Gasteiger partial charge in [-0.25, -0.2) is 9.78 Å². The molecular formula is C22H35N3O5. The molecule has 0 saturated carbocycles. The highest BCUT2D eigenvalue weighted by Crippen LogP contribution is 2.23. The molecule has 0 bridgehead atoms. The molecule has 8 heteroatoms. The van der Waals surface area contributed by atoms with Crippen molar-refractivity contribution in [2.24, 2.45) is 5.92 Å². The van der Waals surface area contributed by atoms with Gasteiger partial charge in [0.05, 0.1) is 18.8 Å². The summed E-state index contributed by atoms with van der Waals surface area (Å²) in [5.41, 5.74) is 0.0425. The first-order valence-corrected chi connectivity index (χ1v) is 10.6. The van der Waals surface area contributed by atoms with Gasteiger partial charge in [0, 0.05) is 39.0 Å². The van der Waals surface area contributed by atoms with E-state index in [0.29, 0.717) is 37.1 Å². The number of carbonyl (C=O) groups is 2. The van der Waals surface area contributed by atoms with Gasteiger partial charge < -0.3 is 24.4 Å². The van der Waals surface area contributed by atoms with E-state index in [1.807, 2.05) is 20.8 Å². The summed E-state index contributed by atoms with van der Waals surface area (Å²) in [5, 5.41) is 2.75. The quantitative estimate of drug-likeness (QED) is 0.616. The van der Waals surface area contributed by atoms with Crippen LogP contribution in [0, 0.1) is 5.92 Å². The van der Waals surface area contributed by atoms with E-state index < -0.39 is 5.60 Å². The van der Waals surface area contributed by atoms with E-state index >= 15 is 0 Å². The lowest BCUT2D eigenvalue weighted by Crippen LogP contribution is -2.41. The Labute approximate surface area is 179 Å². The third-order valence-electron chi connectivity index (χ3n) is 4.86. The van der Waals surface area contributed by atoms with Crippen molar-refractivity contribution in [3.05, 3.63) is 23.9 Å². The lowest BCUT2D eigenvalue weighted by atomic mass is 9.92. The number of nitrogens with zero attached hydrogens (tertiary/aromatic N) is 2. The second-order valence-electron chi connectivity index (χ2n) is 8.54. The largest absolute Gasteiger partial charge is 0.478 e. The smallest absolute Gasteiger partial charge is 0.410 e. The van der Waals surface area contributed by atoms with Crippen molar-refractivity contribution in [1.29, 1.82) is 0 Å². The van der Waals surface area contributed by atoms with Crippen LogP contribution in [0.4, 0.5) is 4.79 Å². The summed E-state index contributed by atoms with van der Waals surface area (Å²) in [4.78, 5) is 30.0. The third-order valence-corrected chi connectivity index (χ3v) is 4.86. The first kappa shape index (κ1) is 23.9. The molecule has 168 valence electrons. The number of hydrogen-bond acceptors (Lipinski definition) is 6. The standard InChI is InChI=1S/C22H35N3O5/c1-22(2,3)30-21(27)25-12-9-17(10-13-25)6-5-14-29-19-8-7-18(16-24-19)20(26)23-11-15-28-4/h7-8,16-17H,5-6,9-15H2,1-4H3,(H,23,26). The number of methoxy groups -OCH3 is 1. The number of likely N-dealkylation sites (tertiary alicyclic amines) is 1. The molecule has 1 aliphatic heterocycles. The van der Waals surface area contributed by atoms with Gasteiger partial charge in [-0.3, -0.25) is 4.79 Å². The molecule has 1 aliphatic rings. The Kier molecular flexibility index (Phi) is 9.36. The molecule has 2 rings (SSSR count). The first-order valence-electron chi connectivity index (χ1n) is 10.6. The highest BCUT2D eigenvalue weighted by Gasteiger charge is 2.26. The molecular weight excluding hydrogens is 386 g/mol. The minimum Gasteiger partial charge on any atom is -0.478 e. The fourth-order valence-electron chi connectivity index (χ4n) is 3.25. The van der Waals surface area contributed by atoms with Crippen molar-refractivity contribution in [2.75, 3.05) is 40.0 Å². The second-order valence-corrected chi connectivity index (χ2v) is 8.54. The van der Waals surface area contributed by atoms with Crippen LogP contribution in [0.3, 0.4) is 0 Å². The molecule has 0 spiro atoms. The van der Waals surface area contributed by atoms with E-state index in [1.54, 1.807) is 24.1 Å². The Balaban J connectivity index is 1.62. The van der Waals surface area contributed by atoms with Crippen LogP contribution in [0.5, 0.6) is 5.88 Å². The number of nitrogens with one attached hydrogen (secondary N) is 1. The fourth-order valence-corrected chi connectivity index (χ4v) is 3.25. The molecule has 1 N–H and O–H groups in total. The summed E-state index contributed by atoms with van der Waals surface area (Å²) in [5.74, 6) is 0.936. The summed E-state index contributed by atoms with van der Waals surface area (Å²) < 4.78 is 16.0. The normalized spacial score (nSPS) is 15.0. The molecule has 30 heavy (non-hydrogen) atoms. The minimum atomic E-state index is -0.453. The second kappa shape index (κ2) is 11.7. The average Bonchev–Trinajstić information content (AvgIpc) is 2.71. The predicted molar refractivity (Wildman–Crippen MR) is 114 cm³/mol. The maximum absolute atomic E-state index is 12.1. The Morgan fingerprint density at radius 2 is 1.93 bits per heavy atom. The van der Waals surface area contributed by atoms with Gasteiger partial charge in [-0.1, -0.05) is 0 Å². The number of hydrogen-bond donors (Lipinski definition) is 1. The zero-order valence-corrected chi connectivity index (χ0v) is 18.6. The number of ether oxygens (including phenoxy) is 3. The average molecular weight is 422 g/mol. The van der Waals surface area contributed by atoms with Gasteiger partial charge in [0.25, 0.3) is 5.91 Å². The Hall–Kier alpha value is -2.35. The molecule has 1 aromatic heterocycles. The van der Waals surface area contributed by atoms with Gasteiger partial charge in [0.2, 0.25) is 5.88 Å². The van der Waals surface area contributed by atoms with Crippen LogP contribution >= 0.6 is 0 Å². The van der Waals surface area contributed by atoms with Crippen LogP contribution in [0.1, 0.15) is 56.8 Å². The summed E-state index contributed by atoms with van der Waals surface area (Å²) in [6.07, 6.45) is 5.27. The third kappa shape index (κ3) is 8.57. The van der Waals surface area contributed by atoms with Crippen LogP contribution in [-0.4, -0.2) is 67.4 Å². The minimum absolute atomic E-state index is 0.177. The summed E-state index contributed by atoms with van der Waals surface area (Å²) >= 11 is 0. The zero-order chi connectivity index (χ0) is 22.0. The lowest BCUT2D eigenvalue weighted by molar-refractivity contribution is 0.0179. The Morgan fingerprint density at radius 3 is 2.53 bits per heavy atom. The van der Waals surface area contributed by atoms with Crippen LogP contribution < -0.4 is 10.1 Å². The molecule has 8 nitrogen and oxygen atoms in total. The van der Waals surface area contributed by atoms with E-state index in [1.165, 1.54) is 6.20 Å². The van der Waals surface area contributed by atoms with E-state index in [0.717, 1.165) is 38.8 Å². The van der Waals surface area contributed by atoms with E-state index in [-0.39, 0.29) is 12.0 Å². The molecule has 0 aromatic carbocycles. The zero-order valence-electron chi connectivity index (χ0n) is 18.6. The van der Waals surface area contributed by atoms with Crippen molar-refractivity contribution in [2.45, 2.75) is 52.1 Å². The molecule has 0 aliphatic carbocycles. The number of aromatic nitrogens is 1. The summed E-state index contributed by atoms with van der Waals surface area (Å²) in [7, 11) is 1.59. The summed E-state index contributed by atoms with van der Waals surface area (Å²) in [6.45, 7) is 8.67. The molecule has 0 radical (unpaired) electrons. The SMILES string of the molecule is COCCNC(=O)c1ccc(OCCCC2CCN(C(=O)OC(C)(C)C)CC2)nc1. The molecule has 1 saturated heterocycles. The highest BCUT2D eigenvalue weighted by atomic mass is 16.6. The molecule has 1 fully saturated rings. The van der Waals surface area contributed by atoms with Crippen molar-refractivity contribution in [3.63, 3.8) is 0 Å². The van der Waals surface area contributed by atoms with E-state index in [9.17, 15) is 9.59 Å². The number of piperidine rings is 1. The number of pyridine rings is 1. The van der Waals surface area contributed by atoms with E-state index in [2.05, 4.69) is 10.3 Å². The fraction of sp³-hybridized carbons (Fsp3) is 0.682.